The van der Waals surface area contributed by atoms with Crippen LogP contribution in [0.3, 0.4) is 0 Å². The Balaban J connectivity index is 1.44. The molecule has 1 saturated heterocycles. The second kappa shape index (κ2) is 7.23. The van der Waals surface area contributed by atoms with E-state index in [1.165, 1.54) is 31.0 Å². The molecule has 0 N–H and O–H groups in total. The lowest BCUT2D eigenvalue weighted by Gasteiger charge is -2.30. The molecule has 1 amide bonds. The number of hydrogen-bond acceptors (Lipinski definition) is 5. The normalized spacial score (nSPS) is 20.8. The van der Waals surface area contributed by atoms with Gasteiger partial charge in [0.15, 0.2) is 5.16 Å². The monoisotopic (exact) mass is 360 g/mol. The molecule has 2 aromatic rings. The summed E-state index contributed by atoms with van der Waals surface area (Å²) in [6, 6.07) is 3.86. The van der Waals surface area contributed by atoms with Gasteiger partial charge in [-0.2, -0.15) is 0 Å². The Labute approximate surface area is 152 Å². The summed E-state index contributed by atoms with van der Waals surface area (Å²) in [5.41, 5.74) is 0. The minimum Gasteiger partial charge on any atom is -0.467 e. The third-order valence-electron chi connectivity index (χ3n) is 4.92. The lowest BCUT2D eigenvalue weighted by molar-refractivity contribution is -0.130. The zero-order valence-corrected chi connectivity index (χ0v) is 15.4. The molecule has 0 radical (unpaired) electrons. The molecule has 25 heavy (non-hydrogen) atoms. The summed E-state index contributed by atoms with van der Waals surface area (Å²) < 4.78 is 7.61. The van der Waals surface area contributed by atoms with Crippen LogP contribution in [0, 0.1) is 5.92 Å². The highest BCUT2D eigenvalue weighted by atomic mass is 32.2. The lowest BCUT2D eigenvalue weighted by Crippen LogP contribution is -2.40. The van der Waals surface area contributed by atoms with E-state index >= 15 is 0 Å². The average Bonchev–Trinajstić information content (AvgIpc) is 3.18. The molecule has 134 valence electrons. The zero-order chi connectivity index (χ0) is 17.2. The Hall–Kier alpha value is -1.76. The molecule has 2 fully saturated rings. The number of hydrogen-bond donors (Lipinski definition) is 0. The van der Waals surface area contributed by atoms with Gasteiger partial charge in [-0.25, -0.2) is 0 Å². The van der Waals surface area contributed by atoms with Gasteiger partial charge in [0.2, 0.25) is 5.91 Å². The van der Waals surface area contributed by atoms with Crippen LogP contribution >= 0.6 is 11.8 Å². The highest BCUT2D eigenvalue weighted by Gasteiger charge is 2.31. The van der Waals surface area contributed by atoms with Crippen LogP contribution in [0.4, 0.5) is 0 Å². The summed E-state index contributed by atoms with van der Waals surface area (Å²) in [6.07, 6.45) is 6.36. The van der Waals surface area contributed by atoms with E-state index in [0.29, 0.717) is 24.1 Å². The predicted octanol–water partition coefficient (Wildman–Crippen LogP) is 3.15. The molecule has 1 aliphatic carbocycles. The van der Waals surface area contributed by atoms with Gasteiger partial charge in [0.05, 0.1) is 18.6 Å². The Bertz CT molecular complexity index is 724. The summed E-state index contributed by atoms with van der Waals surface area (Å²) >= 11 is 1.49. The fraction of sp³-hybridized carbons (Fsp3) is 0.611. The topological polar surface area (TPSA) is 64.2 Å². The fourth-order valence-corrected chi connectivity index (χ4v) is 4.24. The maximum absolute atomic E-state index is 12.5. The molecule has 1 saturated carbocycles. The number of aromatic nitrogens is 3. The number of carbonyl (C=O) groups is 1. The van der Waals surface area contributed by atoms with Crippen LogP contribution in [-0.4, -0.2) is 44.4 Å². The molecule has 0 bridgehead atoms. The predicted molar refractivity (Wildman–Crippen MR) is 95.5 cm³/mol. The third kappa shape index (κ3) is 3.92. The van der Waals surface area contributed by atoms with Crippen LogP contribution in [0.2, 0.25) is 0 Å². The van der Waals surface area contributed by atoms with Crippen molar-refractivity contribution >= 4 is 17.7 Å². The van der Waals surface area contributed by atoms with Crippen LogP contribution in [-0.2, 0) is 11.3 Å². The third-order valence-corrected chi connectivity index (χ3v) is 5.87. The molecule has 4 rings (SSSR count). The van der Waals surface area contributed by atoms with E-state index in [1.54, 1.807) is 6.26 Å². The number of likely N-dealkylation sites (tertiary alicyclic amines) is 1. The first-order valence-corrected chi connectivity index (χ1v) is 10.1. The van der Waals surface area contributed by atoms with Crippen molar-refractivity contribution in [3.63, 3.8) is 0 Å². The highest BCUT2D eigenvalue weighted by molar-refractivity contribution is 7.99. The van der Waals surface area contributed by atoms with Crippen molar-refractivity contribution in [3.8, 4) is 0 Å². The largest absolute Gasteiger partial charge is 0.467 e. The highest BCUT2D eigenvalue weighted by Crippen LogP contribution is 2.40. The van der Waals surface area contributed by atoms with E-state index in [2.05, 4.69) is 21.7 Å². The second-order valence-electron chi connectivity index (χ2n) is 7.16. The maximum Gasteiger partial charge on any atom is 0.233 e. The quantitative estimate of drug-likeness (QED) is 0.741. The van der Waals surface area contributed by atoms with Gasteiger partial charge in [0.25, 0.3) is 0 Å². The Morgan fingerprint density at radius 2 is 2.24 bits per heavy atom. The van der Waals surface area contributed by atoms with Gasteiger partial charge in [0, 0.05) is 19.0 Å². The van der Waals surface area contributed by atoms with Crippen molar-refractivity contribution in [2.75, 3.05) is 18.8 Å². The Morgan fingerprint density at radius 3 is 2.96 bits per heavy atom. The number of thioether (sulfide) groups is 1. The molecule has 0 unspecified atom stereocenters. The van der Waals surface area contributed by atoms with Crippen LogP contribution in [0.15, 0.2) is 28.0 Å². The van der Waals surface area contributed by atoms with Crippen molar-refractivity contribution in [2.45, 2.75) is 50.2 Å². The molecule has 7 heteroatoms. The molecule has 0 spiro atoms. The van der Waals surface area contributed by atoms with Gasteiger partial charge < -0.3 is 9.32 Å². The van der Waals surface area contributed by atoms with Gasteiger partial charge in [0.1, 0.15) is 11.6 Å². The maximum atomic E-state index is 12.5. The number of piperidine rings is 1. The molecule has 3 heterocycles. The van der Waals surface area contributed by atoms with Crippen LogP contribution in [0.1, 0.15) is 50.1 Å². The van der Waals surface area contributed by atoms with E-state index in [4.69, 9.17) is 4.42 Å². The SMILES string of the molecule is C[C@H]1CCCN(C(=O)CSc2nnc(C3CC3)n2Cc2ccco2)C1. The van der Waals surface area contributed by atoms with Crippen molar-refractivity contribution in [2.24, 2.45) is 5.92 Å². The van der Waals surface area contributed by atoms with Gasteiger partial charge >= 0.3 is 0 Å². The van der Waals surface area contributed by atoms with E-state index in [9.17, 15) is 4.79 Å². The molecule has 0 aromatic carbocycles. The molecule has 2 aromatic heterocycles. The molecule has 1 atom stereocenters. The van der Waals surface area contributed by atoms with Crippen LogP contribution in [0.25, 0.3) is 0 Å². The van der Waals surface area contributed by atoms with Crippen LogP contribution < -0.4 is 0 Å². The standard InChI is InChI=1S/C18H24N4O2S/c1-13-4-2-8-21(10-13)16(23)12-25-18-20-19-17(14-6-7-14)22(18)11-15-5-3-9-24-15/h3,5,9,13-14H,2,4,6-8,10-12H2,1H3/t13-/m0/s1. The minimum atomic E-state index is 0.206. The Kier molecular flexibility index (Phi) is 4.83. The number of rotatable bonds is 6. The van der Waals surface area contributed by atoms with E-state index < -0.39 is 0 Å². The van der Waals surface area contributed by atoms with Gasteiger partial charge in [-0.05, 0) is 43.7 Å². The first-order valence-electron chi connectivity index (χ1n) is 9.06. The van der Waals surface area contributed by atoms with Gasteiger partial charge in [-0.3, -0.25) is 9.36 Å². The van der Waals surface area contributed by atoms with Crippen molar-refractivity contribution < 1.29 is 9.21 Å². The van der Waals surface area contributed by atoms with Gasteiger partial charge in [-0.1, -0.05) is 18.7 Å². The molecule has 2 aliphatic rings. The zero-order valence-electron chi connectivity index (χ0n) is 14.6. The van der Waals surface area contributed by atoms with E-state index in [0.717, 1.165) is 36.3 Å². The first kappa shape index (κ1) is 16.7. The van der Waals surface area contributed by atoms with Gasteiger partial charge in [-0.15, -0.1) is 10.2 Å². The average molecular weight is 360 g/mol. The summed E-state index contributed by atoms with van der Waals surface area (Å²) in [5, 5.41) is 9.56. The number of nitrogens with zero attached hydrogens (tertiary/aromatic N) is 4. The smallest absolute Gasteiger partial charge is 0.233 e. The number of carbonyl (C=O) groups excluding carboxylic acids is 1. The molecule has 6 nitrogen and oxygen atoms in total. The second-order valence-corrected chi connectivity index (χ2v) is 8.10. The summed E-state index contributed by atoms with van der Waals surface area (Å²) in [6.45, 7) is 4.61. The fourth-order valence-electron chi connectivity index (χ4n) is 3.39. The minimum absolute atomic E-state index is 0.206. The summed E-state index contributed by atoms with van der Waals surface area (Å²) in [7, 11) is 0. The Morgan fingerprint density at radius 1 is 1.36 bits per heavy atom. The van der Waals surface area contributed by atoms with Crippen molar-refractivity contribution in [3.05, 3.63) is 30.0 Å². The summed E-state index contributed by atoms with van der Waals surface area (Å²) in [5.74, 6) is 3.66. The number of furan rings is 1. The van der Waals surface area contributed by atoms with Crippen molar-refractivity contribution in [1.29, 1.82) is 0 Å². The van der Waals surface area contributed by atoms with E-state index in [-0.39, 0.29) is 5.91 Å². The van der Waals surface area contributed by atoms with Crippen LogP contribution in [0.5, 0.6) is 0 Å². The molecular formula is C18H24N4O2S. The van der Waals surface area contributed by atoms with E-state index in [1.807, 2.05) is 17.0 Å². The number of amides is 1. The molecular weight excluding hydrogens is 336 g/mol. The molecule has 1 aliphatic heterocycles. The summed E-state index contributed by atoms with van der Waals surface area (Å²) in [4.78, 5) is 14.5. The first-order chi connectivity index (χ1) is 12.2. The lowest BCUT2D eigenvalue weighted by atomic mass is 10.0. The van der Waals surface area contributed by atoms with Crippen molar-refractivity contribution in [1.82, 2.24) is 19.7 Å².